The predicted molar refractivity (Wildman–Crippen MR) is 122 cm³/mol. The van der Waals surface area contributed by atoms with Gasteiger partial charge in [-0.15, -0.1) is 0 Å². The molecule has 0 bridgehead atoms. The molecule has 7 nitrogen and oxygen atoms in total. The number of benzene rings is 2. The van der Waals surface area contributed by atoms with E-state index in [9.17, 15) is 14.0 Å². The van der Waals surface area contributed by atoms with Gasteiger partial charge in [-0.1, -0.05) is 42.5 Å². The number of hydrogen-bond acceptors (Lipinski definition) is 5. The average Bonchev–Trinajstić information content (AvgIpc) is 2.79. The summed E-state index contributed by atoms with van der Waals surface area (Å²) in [5.74, 6) is -0.495. The highest BCUT2D eigenvalue weighted by molar-refractivity contribution is 5.87. The summed E-state index contributed by atoms with van der Waals surface area (Å²) >= 11 is 0. The van der Waals surface area contributed by atoms with Gasteiger partial charge < -0.3 is 15.5 Å². The molecule has 2 aromatic carbocycles. The Hall–Kier alpha value is -2.81. The Morgan fingerprint density at radius 3 is 2.56 bits per heavy atom. The van der Waals surface area contributed by atoms with Crippen molar-refractivity contribution in [2.45, 2.75) is 32.0 Å². The summed E-state index contributed by atoms with van der Waals surface area (Å²) < 4.78 is 13.0. The first-order chi connectivity index (χ1) is 15.4. The topological polar surface area (TPSA) is 81.9 Å². The molecule has 0 aromatic heterocycles. The number of unbranched alkanes of at least 4 members (excludes halogenated alkanes) is 1. The molecule has 0 saturated carbocycles. The van der Waals surface area contributed by atoms with Gasteiger partial charge in [0.25, 0.3) is 0 Å². The lowest BCUT2D eigenvalue weighted by atomic mass is 10.1. The zero-order valence-corrected chi connectivity index (χ0v) is 18.5. The largest absolute Gasteiger partial charge is 0.338 e. The molecule has 3 rings (SSSR count). The number of piperazine rings is 1. The number of hydrogen-bond donors (Lipinski definition) is 2. The van der Waals surface area contributed by atoms with E-state index in [0.717, 1.165) is 30.4 Å². The van der Waals surface area contributed by atoms with Gasteiger partial charge in [0.2, 0.25) is 11.8 Å². The number of hydrazine groups is 1. The molecule has 172 valence electrons. The maximum atomic E-state index is 13.0. The highest BCUT2D eigenvalue weighted by Gasteiger charge is 2.32. The lowest BCUT2D eigenvalue weighted by Crippen LogP contribution is -2.62. The molecule has 1 aliphatic rings. The second-order valence-electron chi connectivity index (χ2n) is 8.19. The molecule has 1 unspecified atom stereocenters. The summed E-state index contributed by atoms with van der Waals surface area (Å²) in [5.41, 5.74) is 11.6. The van der Waals surface area contributed by atoms with Crippen molar-refractivity contribution in [2.24, 2.45) is 5.73 Å². The number of halogens is 1. The molecular formula is C24H32FN5O2. The normalized spacial score (nSPS) is 16.6. The minimum absolute atomic E-state index is 0.00445. The standard InChI is InChI=1S/C24H32FN5O2/c1-28(27-15-20-8-3-2-4-9-20)17-24(32)30-18-23(31)29(16-22(30)26)14-6-5-7-19-10-12-21(25)13-11-19/h2-4,8-13,22,27H,5-7,14-18,26H2,1H3. The van der Waals surface area contributed by atoms with Gasteiger partial charge in [-0.05, 0) is 42.5 Å². The Morgan fingerprint density at radius 1 is 1.12 bits per heavy atom. The van der Waals surface area contributed by atoms with E-state index in [4.69, 9.17) is 5.73 Å². The SMILES string of the molecule is CN(CC(=O)N1CC(=O)N(CCCCc2ccc(F)cc2)CC1N)NCc1ccccc1. The number of nitrogens with zero attached hydrogens (tertiary/aromatic N) is 3. The van der Waals surface area contributed by atoms with Gasteiger partial charge in [0.1, 0.15) is 12.4 Å². The van der Waals surface area contributed by atoms with E-state index in [-0.39, 0.29) is 30.7 Å². The molecule has 32 heavy (non-hydrogen) atoms. The van der Waals surface area contributed by atoms with Gasteiger partial charge in [-0.25, -0.2) is 9.40 Å². The summed E-state index contributed by atoms with van der Waals surface area (Å²) in [6.45, 7) is 1.69. The van der Waals surface area contributed by atoms with Crippen LogP contribution in [0.2, 0.25) is 0 Å². The highest BCUT2D eigenvalue weighted by atomic mass is 19.1. The van der Waals surface area contributed by atoms with Crippen LogP contribution in [0.4, 0.5) is 4.39 Å². The summed E-state index contributed by atoms with van der Waals surface area (Å²) in [5, 5.41) is 1.72. The zero-order chi connectivity index (χ0) is 22.9. The molecule has 0 radical (unpaired) electrons. The first-order valence-corrected chi connectivity index (χ1v) is 11.0. The van der Waals surface area contributed by atoms with Crippen molar-refractivity contribution in [3.05, 3.63) is 71.5 Å². The van der Waals surface area contributed by atoms with Crippen molar-refractivity contribution in [2.75, 3.05) is 33.2 Å². The van der Waals surface area contributed by atoms with Crippen molar-refractivity contribution in [1.29, 1.82) is 0 Å². The molecule has 1 aliphatic heterocycles. The van der Waals surface area contributed by atoms with Crippen molar-refractivity contribution in [1.82, 2.24) is 20.2 Å². The quantitative estimate of drug-likeness (QED) is 0.434. The predicted octanol–water partition coefficient (Wildman–Crippen LogP) is 1.74. The van der Waals surface area contributed by atoms with Crippen LogP contribution >= 0.6 is 0 Å². The third-order valence-electron chi connectivity index (χ3n) is 5.61. The molecule has 2 aromatic rings. The summed E-state index contributed by atoms with van der Waals surface area (Å²) in [6.07, 6.45) is 2.04. The van der Waals surface area contributed by atoms with E-state index in [2.05, 4.69) is 5.43 Å². The number of rotatable bonds is 10. The van der Waals surface area contributed by atoms with Crippen molar-refractivity contribution in [3.8, 4) is 0 Å². The van der Waals surface area contributed by atoms with Crippen molar-refractivity contribution < 1.29 is 14.0 Å². The Bertz CT molecular complexity index is 878. The third kappa shape index (κ3) is 7.12. The average molecular weight is 442 g/mol. The van der Waals surface area contributed by atoms with Crippen LogP contribution in [0, 0.1) is 5.82 Å². The van der Waals surface area contributed by atoms with Gasteiger partial charge in [-0.2, -0.15) is 0 Å². The fraction of sp³-hybridized carbons (Fsp3) is 0.417. The lowest BCUT2D eigenvalue weighted by molar-refractivity contribution is -0.149. The first-order valence-electron chi connectivity index (χ1n) is 11.0. The maximum absolute atomic E-state index is 13.0. The molecule has 0 spiro atoms. The van der Waals surface area contributed by atoms with E-state index >= 15 is 0 Å². The van der Waals surface area contributed by atoms with E-state index in [1.165, 1.54) is 17.0 Å². The summed E-state index contributed by atoms with van der Waals surface area (Å²) in [6, 6.07) is 16.4. The van der Waals surface area contributed by atoms with E-state index in [0.29, 0.717) is 19.6 Å². The molecule has 0 aliphatic carbocycles. The second kappa shape index (κ2) is 11.7. The number of carbonyl (C=O) groups excluding carboxylic acids is 2. The van der Waals surface area contributed by atoms with Crippen LogP contribution in [0.5, 0.6) is 0 Å². The molecule has 2 amide bonds. The third-order valence-corrected chi connectivity index (χ3v) is 5.61. The zero-order valence-electron chi connectivity index (χ0n) is 18.5. The fourth-order valence-electron chi connectivity index (χ4n) is 3.73. The smallest absolute Gasteiger partial charge is 0.242 e. The van der Waals surface area contributed by atoms with Crippen LogP contribution in [0.1, 0.15) is 24.0 Å². The van der Waals surface area contributed by atoms with Crippen LogP contribution < -0.4 is 11.2 Å². The van der Waals surface area contributed by atoms with Crippen molar-refractivity contribution in [3.63, 3.8) is 0 Å². The van der Waals surface area contributed by atoms with Crippen LogP contribution in [0.15, 0.2) is 54.6 Å². The minimum atomic E-state index is -0.514. The Morgan fingerprint density at radius 2 is 1.84 bits per heavy atom. The Labute approximate surface area is 188 Å². The maximum Gasteiger partial charge on any atom is 0.242 e. The molecular weight excluding hydrogens is 409 g/mol. The van der Waals surface area contributed by atoms with Gasteiger partial charge in [-0.3, -0.25) is 15.0 Å². The molecule has 1 heterocycles. The molecule has 1 fully saturated rings. The number of likely N-dealkylation sites (N-methyl/N-ethyl adjacent to an activating group) is 1. The Kier molecular flexibility index (Phi) is 8.72. The fourth-order valence-corrected chi connectivity index (χ4v) is 3.73. The Balaban J connectivity index is 1.38. The molecule has 3 N–H and O–H groups in total. The van der Waals surface area contributed by atoms with Gasteiger partial charge in [0.15, 0.2) is 0 Å². The van der Waals surface area contributed by atoms with Crippen LogP contribution in [-0.4, -0.2) is 66.0 Å². The number of nitrogens with one attached hydrogen (secondary N) is 1. The van der Waals surface area contributed by atoms with E-state index in [1.54, 1.807) is 29.1 Å². The van der Waals surface area contributed by atoms with Crippen LogP contribution in [0.25, 0.3) is 0 Å². The summed E-state index contributed by atoms with van der Waals surface area (Å²) in [4.78, 5) is 28.4. The van der Waals surface area contributed by atoms with Crippen LogP contribution in [0.3, 0.4) is 0 Å². The number of carbonyl (C=O) groups is 2. The monoisotopic (exact) mass is 441 g/mol. The number of amides is 2. The second-order valence-corrected chi connectivity index (χ2v) is 8.19. The van der Waals surface area contributed by atoms with Crippen LogP contribution in [-0.2, 0) is 22.6 Å². The lowest BCUT2D eigenvalue weighted by Gasteiger charge is -2.39. The first kappa shape index (κ1) is 23.8. The van der Waals surface area contributed by atoms with Gasteiger partial charge >= 0.3 is 0 Å². The van der Waals surface area contributed by atoms with E-state index < -0.39 is 6.17 Å². The number of aryl methyl sites for hydroxylation is 1. The minimum Gasteiger partial charge on any atom is -0.338 e. The van der Waals surface area contributed by atoms with E-state index in [1.807, 2.05) is 30.3 Å². The molecule has 1 saturated heterocycles. The van der Waals surface area contributed by atoms with Gasteiger partial charge in [0.05, 0.1) is 19.3 Å². The number of nitrogens with two attached hydrogens (primary N) is 1. The molecule has 8 heteroatoms. The van der Waals surface area contributed by atoms with Gasteiger partial charge in [0, 0.05) is 20.1 Å². The highest BCUT2D eigenvalue weighted by Crippen LogP contribution is 2.12. The molecule has 1 atom stereocenters. The van der Waals surface area contributed by atoms with Crippen molar-refractivity contribution >= 4 is 11.8 Å². The summed E-state index contributed by atoms with van der Waals surface area (Å²) in [7, 11) is 1.80.